The molecule has 5 rings (SSSR count). The lowest BCUT2D eigenvalue weighted by Crippen LogP contribution is -2.41. The van der Waals surface area contributed by atoms with E-state index in [2.05, 4.69) is 10.1 Å². The second-order valence-electron chi connectivity index (χ2n) is 9.57. The summed E-state index contributed by atoms with van der Waals surface area (Å²) in [5.41, 5.74) is -0.976. The zero-order valence-corrected chi connectivity index (χ0v) is 21.5. The van der Waals surface area contributed by atoms with Crippen LogP contribution >= 0.6 is 11.3 Å². The van der Waals surface area contributed by atoms with Crippen LogP contribution in [0.1, 0.15) is 58.7 Å². The fraction of sp³-hybridized carbons (Fsp3) is 0.385. The minimum Gasteiger partial charge on any atom is -0.387 e. The molecule has 0 saturated carbocycles. The molecule has 1 unspecified atom stereocenters. The van der Waals surface area contributed by atoms with Crippen LogP contribution in [0, 0.1) is 0 Å². The molecule has 0 aliphatic carbocycles. The molecular formula is C26H22F6N4O3S. The van der Waals surface area contributed by atoms with Gasteiger partial charge < -0.3 is 14.3 Å². The van der Waals surface area contributed by atoms with Crippen molar-refractivity contribution in [3.05, 3.63) is 85.7 Å². The second kappa shape index (κ2) is 10.7. The second-order valence-corrected chi connectivity index (χ2v) is 10.5. The van der Waals surface area contributed by atoms with Crippen molar-refractivity contribution in [1.82, 2.24) is 14.5 Å². The summed E-state index contributed by atoms with van der Waals surface area (Å²) in [5, 5.41) is 6.68. The minimum atomic E-state index is -4.63. The number of rotatable bonds is 5. The highest BCUT2D eigenvalue weighted by atomic mass is 32.1. The number of alkyl halides is 6. The summed E-state index contributed by atoms with van der Waals surface area (Å²) < 4.78 is 78.9. The summed E-state index contributed by atoms with van der Waals surface area (Å²) >= 11 is 1.41. The van der Waals surface area contributed by atoms with Gasteiger partial charge in [-0.15, -0.1) is 11.3 Å². The van der Waals surface area contributed by atoms with Crippen LogP contribution in [0.25, 0.3) is 0 Å². The Hall–Kier alpha value is -3.68. The molecule has 14 heteroatoms. The van der Waals surface area contributed by atoms with Gasteiger partial charge in [0.1, 0.15) is 12.3 Å². The van der Waals surface area contributed by atoms with Crippen LogP contribution in [0.5, 0.6) is 0 Å². The molecule has 2 aliphatic heterocycles. The number of oxime groups is 1. The number of hydrogen-bond donors (Lipinski definition) is 0. The van der Waals surface area contributed by atoms with E-state index >= 15 is 0 Å². The van der Waals surface area contributed by atoms with Crippen molar-refractivity contribution >= 4 is 23.0 Å². The summed E-state index contributed by atoms with van der Waals surface area (Å²) in [6, 6.07) is 6.42. The first-order valence-electron chi connectivity index (χ1n) is 12.3. The van der Waals surface area contributed by atoms with Gasteiger partial charge in [0.15, 0.2) is 6.10 Å². The summed E-state index contributed by atoms with van der Waals surface area (Å²) in [6.07, 6.45) is -7.67. The number of hydrogen-bond acceptors (Lipinski definition) is 6. The average Bonchev–Trinajstić information content (AvgIpc) is 3.59. The van der Waals surface area contributed by atoms with Gasteiger partial charge in [0, 0.05) is 43.1 Å². The monoisotopic (exact) mass is 584 g/mol. The van der Waals surface area contributed by atoms with Crippen LogP contribution in [0.3, 0.4) is 0 Å². The van der Waals surface area contributed by atoms with E-state index in [0.717, 1.165) is 27.8 Å². The third-order valence-electron chi connectivity index (χ3n) is 6.89. The van der Waals surface area contributed by atoms with E-state index in [1.807, 2.05) is 5.38 Å². The Morgan fingerprint density at radius 3 is 2.45 bits per heavy atom. The van der Waals surface area contributed by atoms with Gasteiger partial charge in [0.2, 0.25) is 5.91 Å². The zero-order chi connectivity index (χ0) is 28.7. The van der Waals surface area contributed by atoms with Crippen molar-refractivity contribution in [3.8, 4) is 0 Å². The first-order chi connectivity index (χ1) is 18.9. The van der Waals surface area contributed by atoms with E-state index in [1.54, 1.807) is 6.07 Å². The molecule has 1 aromatic carbocycles. The summed E-state index contributed by atoms with van der Waals surface area (Å²) in [4.78, 5) is 36.3. The molecule has 2 aromatic heterocycles. The fourth-order valence-electron chi connectivity index (χ4n) is 4.67. The molecule has 2 aliphatic rings. The quantitative estimate of drug-likeness (QED) is 0.365. The molecule has 0 spiro atoms. The average molecular weight is 585 g/mol. The van der Waals surface area contributed by atoms with Gasteiger partial charge >= 0.3 is 12.4 Å². The van der Waals surface area contributed by atoms with Crippen LogP contribution in [0.4, 0.5) is 26.3 Å². The zero-order valence-electron chi connectivity index (χ0n) is 20.7. The SMILES string of the molecule is O=C(Cn1cc(C(F)(F)F)ccc1=O)N1CCC(c2nc(C3=NOC(c4cccc(C(F)(F)F)c4)C3)cs2)CC1. The Kier molecular flexibility index (Phi) is 7.46. The molecule has 212 valence electrons. The molecule has 1 atom stereocenters. The summed E-state index contributed by atoms with van der Waals surface area (Å²) in [5.74, 6) is -0.404. The maximum Gasteiger partial charge on any atom is 0.417 e. The van der Waals surface area contributed by atoms with Crippen molar-refractivity contribution in [3.63, 3.8) is 0 Å². The topological polar surface area (TPSA) is 76.8 Å². The van der Waals surface area contributed by atoms with Gasteiger partial charge in [0.05, 0.1) is 21.8 Å². The van der Waals surface area contributed by atoms with Gasteiger partial charge in [-0.2, -0.15) is 26.3 Å². The normalized spacial score (nSPS) is 18.5. The molecule has 7 nitrogen and oxygen atoms in total. The first-order valence-corrected chi connectivity index (χ1v) is 13.2. The standard InChI is InChI=1S/C26H22F6N4O3S/c27-25(28,29)17-3-1-2-16(10-17)21-11-19(34-39-21)20-14-40-24(33-20)15-6-8-35(9-7-15)23(38)13-36-12-18(26(30,31)32)4-5-22(36)37/h1-5,10,12,14-15,21H,6-9,11,13H2. The number of likely N-dealkylation sites (tertiary alicyclic amines) is 1. The van der Waals surface area contributed by atoms with E-state index in [1.165, 1.54) is 22.3 Å². The number of nitrogens with zero attached hydrogens (tertiary/aromatic N) is 4. The third-order valence-corrected chi connectivity index (χ3v) is 7.89. The Balaban J connectivity index is 1.17. The van der Waals surface area contributed by atoms with E-state index < -0.39 is 47.6 Å². The number of thiazole rings is 1. The van der Waals surface area contributed by atoms with Crippen LogP contribution in [-0.2, 0) is 28.5 Å². The number of piperidine rings is 1. The maximum absolute atomic E-state index is 13.1. The highest BCUT2D eigenvalue weighted by molar-refractivity contribution is 7.10. The third kappa shape index (κ3) is 6.06. The minimum absolute atomic E-state index is 0.0428. The summed E-state index contributed by atoms with van der Waals surface area (Å²) in [6.45, 7) is 0.225. The van der Waals surface area contributed by atoms with Crippen molar-refractivity contribution < 1.29 is 36.0 Å². The van der Waals surface area contributed by atoms with Crippen LogP contribution in [-0.4, -0.2) is 39.2 Å². The molecular weight excluding hydrogens is 562 g/mol. The van der Waals surface area contributed by atoms with Gasteiger partial charge in [-0.3, -0.25) is 9.59 Å². The van der Waals surface area contributed by atoms with E-state index in [0.29, 0.717) is 55.2 Å². The number of benzene rings is 1. The number of aromatic nitrogens is 2. The lowest BCUT2D eigenvalue weighted by molar-refractivity contribution is -0.139. The lowest BCUT2D eigenvalue weighted by Gasteiger charge is -2.31. The number of halogens is 6. The van der Waals surface area contributed by atoms with Gasteiger partial charge in [-0.25, -0.2) is 4.98 Å². The fourth-order valence-corrected chi connectivity index (χ4v) is 5.67. The molecule has 0 N–H and O–H groups in total. The Morgan fingerprint density at radius 1 is 1.02 bits per heavy atom. The van der Waals surface area contributed by atoms with Gasteiger partial charge in [-0.1, -0.05) is 17.3 Å². The van der Waals surface area contributed by atoms with Crippen molar-refractivity contribution in [2.75, 3.05) is 13.1 Å². The maximum atomic E-state index is 13.1. The highest BCUT2D eigenvalue weighted by Gasteiger charge is 2.34. The molecule has 1 amide bonds. The largest absolute Gasteiger partial charge is 0.417 e. The molecule has 1 saturated heterocycles. The van der Waals surface area contributed by atoms with Crippen LogP contribution < -0.4 is 5.56 Å². The van der Waals surface area contributed by atoms with E-state index in [9.17, 15) is 35.9 Å². The van der Waals surface area contributed by atoms with E-state index in [-0.39, 0.29) is 12.3 Å². The number of amides is 1. The van der Waals surface area contributed by atoms with E-state index in [4.69, 9.17) is 4.84 Å². The van der Waals surface area contributed by atoms with Crippen molar-refractivity contribution in [2.45, 2.75) is 50.2 Å². The molecule has 0 radical (unpaired) electrons. The molecule has 0 bridgehead atoms. The first kappa shape index (κ1) is 27.9. The Morgan fingerprint density at radius 2 is 1.75 bits per heavy atom. The van der Waals surface area contributed by atoms with Crippen molar-refractivity contribution in [2.24, 2.45) is 5.16 Å². The molecule has 3 aromatic rings. The van der Waals surface area contributed by atoms with Gasteiger partial charge in [-0.05, 0) is 36.6 Å². The van der Waals surface area contributed by atoms with Gasteiger partial charge in [0.25, 0.3) is 5.56 Å². The highest BCUT2D eigenvalue weighted by Crippen LogP contribution is 2.36. The predicted octanol–water partition coefficient (Wildman–Crippen LogP) is 5.61. The van der Waals surface area contributed by atoms with Crippen LogP contribution in [0.15, 0.2) is 57.9 Å². The Labute approximate surface area is 227 Å². The number of carbonyl (C=O) groups is 1. The molecule has 40 heavy (non-hydrogen) atoms. The van der Waals surface area contributed by atoms with Crippen molar-refractivity contribution in [1.29, 1.82) is 0 Å². The number of pyridine rings is 1. The summed E-state index contributed by atoms with van der Waals surface area (Å²) in [7, 11) is 0. The lowest BCUT2D eigenvalue weighted by atomic mass is 9.97. The predicted molar refractivity (Wildman–Crippen MR) is 133 cm³/mol. The smallest absolute Gasteiger partial charge is 0.387 e. The molecule has 4 heterocycles. The number of carbonyl (C=O) groups excluding carboxylic acids is 1. The van der Waals surface area contributed by atoms with Crippen LogP contribution in [0.2, 0.25) is 0 Å². The molecule has 1 fully saturated rings. The Bertz CT molecular complexity index is 1490.